The van der Waals surface area contributed by atoms with Crippen LogP contribution in [0.15, 0.2) is 23.0 Å². The Kier molecular flexibility index (Phi) is 5.95. The van der Waals surface area contributed by atoms with Crippen molar-refractivity contribution in [2.75, 3.05) is 19.6 Å². The second kappa shape index (κ2) is 8.66. The molecule has 3 amide bonds. The summed E-state index contributed by atoms with van der Waals surface area (Å²) in [6.45, 7) is 1.89. The predicted octanol–water partition coefficient (Wildman–Crippen LogP) is 0.763. The summed E-state index contributed by atoms with van der Waals surface area (Å²) in [4.78, 5) is 51.3. The van der Waals surface area contributed by atoms with Gasteiger partial charge in [-0.15, -0.1) is 0 Å². The molecule has 0 bridgehead atoms. The Hall–Kier alpha value is -2.94. The Morgan fingerprint density at radius 3 is 2.58 bits per heavy atom. The lowest BCUT2D eigenvalue weighted by Crippen LogP contribution is -2.44. The molecule has 1 aromatic carbocycles. The number of amides is 3. The summed E-state index contributed by atoms with van der Waals surface area (Å²) in [6, 6.07) is 5.12. The number of aryl methyl sites for hydroxylation is 1. The van der Waals surface area contributed by atoms with E-state index in [2.05, 4.69) is 5.32 Å². The van der Waals surface area contributed by atoms with Crippen LogP contribution in [-0.2, 0) is 21.4 Å². The van der Waals surface area contributed by atoms with Gasteiger partial charge in [-0.3, -0.25) is 28.8 Å². The lowest BCUT2D eigenvalue weighted by Gasteiger charge is -2.32. The number of rotatable bonds is 5. The van der Waals surface area contributed by atoms with E-state index in [1.165, 1.54) is 4.57 Å². The SMILES string of the molecule is Cn1c(=O)n(C2CCC(=O)NC2=O)c2cccc(C3CCN(C(=O)CCCN)CC3)c21. The summed E-state index contributed by atoms with van der Waals surface area (Å²) >= 11 is 0. The fourth-order valence-electron chi connectivity index (χ4n) is 4.88. The molecule has 31 heavy (non-hydrogen) atoms. The summed E-state index contributed by atoms with van der Waals surface area (Å²) in [6.07, 6.45) is 3.37. The number of piperidine rings is 2. The van der Waals surface area contributed by atoms with Crippen molar-refractivity contribution in [3.8, 4) is 0 Å². The second-order valence-electron chi connectivity index (χ2n) is 8.44. The Morgan fingerprint density at radius 1 is 1.16 bits per heavy atom. The average molecular weight is 428 g/mol. The molecule has 0 aliphatic carbocycles. The van der Waals surface area contributed by atoms with Gasteiger partial charge in [0.1, 0.15) is 6.04 Å². The topological polar surface area (TPSA) is 119 Å². The van der Waals surface area contributed by atoms with Gasteiger partial charge in [-0.2, -0.15) is 0 Å². The number of nitrogens with two attached hydrogens (primary N) is 1. The molecule has 0 radical (unpaired) electrons. The lowest BCUT2D eigenvalue weighted by atomic mass is 9.88. The van der Waals surface area contributed by atoms with Gasteiger partial charge >= 0.3 is 5.69 Å². The van der Waals surface area contributed by atoms with Crippen molar-refractivity contribution in [3.63, 3.8) is 0 Å². The van der Waals surface area contributed by atoms with Crippen LogP contribution in [0.25, 0.3) is 11.0 Å². The first-order valence-corrected chi connectivity index (χ1v) is 10.9. The third-order valence-corrected chi connectivity index (χ3v) is 6.54. The predicted molar refractivity (Wildman–Crippen MR) is 115 cm³/mol. The van der Waals surface area contributed by atoms with Gasteiger partial charge in [0.05, 0.1) is 11.0 Å². The number of nitrogens with zero attached hydrogens (tertiary/aromatic N) is 3. The van der Waals surface area contributed by atoms with Crippen molar-refractivity contribution in [2.45, 2.75) is 50.5 Å². The van der Waals surface area contributed by atoms with E-state index in [1.54, 1.807) is 11.6 Å². The Balaban J connectivity index is 1.62. The standard InChI is InChI=1S/C22H29N5O4/c1-25-20-15(14-9-12-26(13-10-14)19(29)6-3-11-23)4-2-5-16(20)27(22(25)31)17-7-8-18(28)24-21(17)30/h2,4-5,14,17H,3,6-13,23H2,1H3,(H,24,28,30). The van der Waals surface area contributed by atoms with Crippen molar-refractivity contribution >= 4 is 28.8 Å². The van der Waals surface area contributed by atoms with Gasteiger partial charge in [-0.25, -0.2) is 4.79 Å². The third kappa shape index (κ3) is 3.89. The van der Waals surface area contributed by atoms with Crippen LogP contribution >= 0.6 is 0 Å². The van der Waals surface area contributed by atoms with E-state index in [4.69, 9.17) is 5.73 Å². The molecule has 2 aliphatic heterocycles. The first-order chi connectivity index (χ1) is 14.9. The molecule has 166 valence electrons. The van der Waals surface area contributed by atoms with E-state index in [0.29, 0.717) is 44.4 Å². The summed E-state index contributed by atoms with van der Waals surface area (Å²) in [5, 5.41) is 2.34. The van der Waals surface area contributed by atoms with Gasteiger partial charge in [0.2, 0.25) is 17.7 Å². The molecule has 3 heterocycles. The van der Waals surface area contributed by atoms with Gasteiger partial charge in [0.25, 0.3) is 0 Å². The van der Waals surface area contributed by atoms with E-state index >= 15 is 0 Å². The molecule has 4 rings (SSSR count). The zero-order valence-electron chi connectivity index (χ0n) is 17.8. The number of carbonyl (C=O) groups is 3. The number of para-hydroxylation sites is 1. The summed E-state index contributed by atoms with van der Waals surface area (Å²) < 4.78 is 3.12. The third-order valence-electron chi connectivity index (χ3n) is 6.54. The van der Waals surface area contributed by atoms with Gasteiger partial charge in [-0.1, -0.05) is 12.1 Å². The van der Waals surface area contributed by atoms with Crippen LogP contribution in [0, 0.1) is 0 Å². The van der Waals surface area contributed by atoms with Crippen LogP contribution in [0.2, 0.25) is 0 Å². The van der Waals surface area contributed by atoms with E-state index in [9.17, 15) is 19.2 Å². The van der Waals surface area contributed by atoms with Crippen molar-refractivity contribution in [1.29, 1.82) is 0 Å². The molecule has 1 aromatic heterocycles. The van der Waals surface area contributed by atoms with Crippen LogP contribution in [0.1, 0.15) is 56.0 Å². The molecular formula is C22H29N5O4. The number of imide groups is 1. The molecule has 2 saturated heterocycles. The minimum Gasteiger partial charge on any atom is -0.343 e. The molecular weight excluding hydrogens is 398 g/mol. The highest BCUT2D eigenvalue weighted by Gasteiger charge is 2.32. The summed E-state index contributed by atoms with van der Waals surface area (Å²) in [5.41, 5.74) is 7.85. The van der Waals surface area contributed by atoms with Crippen molar-refractivity contribution in [1.82, 2.24) is 19.4 Å². The van der Waals surface area contributed by atoms with E-state index in [1.807, 2.05) is 23.1 Å². The molecule has 1 atom stereocenters. The average Bonchev–Trinajstić information content (AvgIpc) is 3.03. The maximum Gasteiger partial charge on any atom is 0.329 e. The Bertz CT molecular complexity index is 1080. The van der Waals surface area contributed by atoms with E-state index in [-0.39, 0.29) is 29.8 Å². The van der Waals surface area contributed by atoms with Gasteiger partial charge in [0, 0.05) is 33.0 Å². The van der Waals surface area contributed by atoms with Crippen LogP contribution < -0.4 is 16.7 Å². The normalized spacial score (nSPS) is 20.3. The molecule has 3 N–H and O–H groups in total. The maximum atomic E-state index is 13.1. The Labute approximate surface area is 180 Å². The molecule has 9 heteroatoms. The van der Waals surface area contributed by atoms with E-state index < -0.39 is 11.9 Å². The smallest absolute Gasteiger partial charge is 0.329 e. The molecule has 2 aliphatic rings. The van der Waals surface area contributed by atoms with Crippen molar-refractivity contribution < 1.29 is 14.4 Å². The number of fused-ring (bicyclic) bond motifs is 1. The number of benzene rings is 1. The Morgan fingerprint density at radius 2 is 1.90 bits per heavy atom. The number of hydrogen-bond donors (Lipinski definition) is 2. The zero-order chi connectivity index (χ0) is 22.1. The van der Waals surface area contributed by atoms with Crippen LogP contribution in [0.4, 0.5) is 0 Å². The fraction of sp³-hybridized carbons (Fsp3) is 0.545. The lowest BCUT2D eigenvalue weighted by molar-refractivity contribution is -0.136. The van der Waals surface area contributed by atoms with E-state index in [0.717, 1.165) is 23.9 Å². The fourth-order valence-corrected chi connectivity index (χ4v) is 4.88. The largest absolute Gasteiger partial charge is 0.343 e. The highest BCUT2D eigenvalue weighted by atomic mass is 16.2. The van der Waals surface area contributed by atoms with Gasteiger partial charge < -0.3 is 10.6 Å². The number of likely N-dealkylation sites (tertiary alicyclic amines) is 1. The molecule has 1 unspecified atom stereocenters. The highest BCUT2D eigenvalue weighted by molar-refractivity contribution is 6.00. The summed E-state index contributed by atoms with van der Waals surface area (Å²) in [7, 11) is 1.72. The molecule has 0 saturated carbocycles. The monoisotopic (exact) mass is 427 g/mol. The van der Waals surface area contributed by atoms with Crippen LogP contribution in [0.5, 0.6) is 0 Å². The zero-order valence-corrected chi connectivity index (χ0v) is 17.8. The number of aromatic nitrogens is 2. The second-order valence-corrected chi connectivity index (χ2v) is 8.44. The highest BCUT2D eigenvalue weighted by Crippen LogP contribution is 2.34. The number of imidazole rings is 1. The molecule has 0 spiro atoms. The molecule has 2 aromatic rings. The van der Waals surface area contributed by atoms with Gasteiger partial charge in [0.15, 0.2) is 0 Å². The number of nitrogens with one attached hydrogen (secondary N) is 1. The quantitative estimate of drug-likeness (QED) is 0.683. The van der Waals surface area contributed by atoms with Crippen molar-refractivity contribution in [3.05, 3.63) is 34.2 Å². The number of carbonyl (C=O) groups excluding carboxylic acids is 3. The summed E-state index contributed by atoms with van der Waals surface area (Å²) in [5.74, 6) is -0.354. The van der Waals surface area contributed by atoms with Crippen molar-refractivity contribution in [2.24, 2.45) is 12.8 Å². The maximum absolute atomic E-state index is 13.1. The molecule has 9 nitrogen and oxygen atoms in total. The van der Waals surface area contributed by atoms with Crippen LogP contribution in [0.3, 0.4) is 0 Å². The first-order valence-electron chi connectivity index (χ1n) is 10.9. The minimum atomic E-state index is -0.689. The van der Waals surface area contributed by atoms with Crippen LogP contribution in [-0.4, -0.2) is 51.4 Å². The number of hydrogen-bond acceptors (Lipinski definition) is 5. The van der Waals surface area contributed by atoms with Gasteiger partial charge in [-0.05, 0) is 49.8 Å². The first kappa shape index (κ1) is 21.3. The molecule has 2 fully saturated rings. The minimum absolute atomic E-state index is 0.151.